The molecule has 0 radical (unpaired) electrons. The normalized spacial score (nSPS) is 15.9. The molecule has 4 nitrogen and oxygen atoms in total. The van der Waals surface area contributed by atoms with Crippen LogP contribution in [0.3, 0.4) is 0 Å². The summed E-state index contributed by atoms with van der Waals surface area (Å²) >= 11 is 0. The molecular formula is C9H20O4. The van der Waals surface area contributed by atoms with E-state index in [0.717, 1.165) is 19.1 Å². The third-order valence-corrected chi connectivity index (χ3v) is 1.69. The zero-order valence-electron chi connectivity index (χ0n) is 8.75. The van der Waals surface area contributed by atoms with E-state index in [-0.39, 0.29) is 0 Å². The van der Waals surface area contributed by atoms with Crippen LogP contribution in [-0.4, -0.2) is 41.0 Å². The van der Waals surface area contributed by atoms with E-state index in [4.69, 9.17) is 4.74 Å². The molecule has 0 aromatic rings. The number of hydrogen-bond acceptors (Lipinski definition) is 4. The lowest BCUT2D eigenvalue weighted by Gasteiger charge is -2.23. The lowest BCUT2D eigenvalue weighted by atomic mass is 10.1. The van der Waals surface area contributed by atoms with Gasteiger partial charge in [0.15, 0.2) is 0 Å². The summed E-state index contributed by atoms with van der Waals surface area (Å²) in [5, 5.41) is 0. The Labute approximate surface area is 80.1 Å². The van der Waals surface area contributed by atoms with Crippen molar-refractivity contribution >= 4 is 0 Å². The molecular weight excluding hydrogens is 172 g/mol. The predicted octanol–water partition coefficient (Wildman–Crippen LogP) is 1.25. The molecule has 0 N–H and O–H groups in total. The average Bonchev–Trinajstić information content (AvgIpc) is 2.05. The van der Waals surface area contributed by atoms with Crippen molar-refractivity contribution in [2.24, 2.45) is 5.92 Å². The number of hydrogen-bond donors (Lipinski definition) is 0. The fraction of sp³-hybridized carbons (Fsp3) is 1.00. The van der Waals surface area contributed by atoms with Crippen LogP contribution in [0.5, 0.6) is 0 Å². The number of methoxy groups -OCH3 is 2. The minimum Gasteiger partial charge on any atom is -0.381 e. The number of rotatable bonds is 5. The van der Waals surface area contributed by atoms with Gasteiger partial charge < -0.3 is 18.9 Å². The SMILES string of the molecule is CCC1COC1.COCOCOC. The van der Waals surface area contributed by atoms with Crippen molar-refractivity contribution in [3.8, 4) is 0 Å². The van der Waals surface area contributed by atoms with Crippen molar-refractivity contribution in [3.63, 3.8) is 0 Å². The Hall–Kier alpha value is -0.160. The first-order valence-electron chi connectivity index (χ1n) is 4.48. The first-order chi connectivity index (χ1) is 6.35. The third kappa shape index (κ3) is 8.18. The molecule has 0 atom stereocenters. The molecule has 1 fully saturated rings. The van der Waals surface area contributed by atoms with Gasteiger partial charge in [-0.25, -0.2) is 0 Å². The Bertz CT molecular complexity index is 86.9. The maximum absolute atomic E-state index is 4.93. The van der Waals surface area contributed by atoms with Crippen LogP contribution < -0.4 is 0 Å². The molecule has 0 amide bonds. The van der Waals surface area contributed by atoms with Crippen LogP contribution in [-0.2, 0) is 18.9 Å². The molecule has 0 bridgehead atoms. The van der Waals surface area contributed by atoms with Gasteiger partial charge in [-0.1, -0.05) is 6.92 Å². The van der Waals surface area contributed by atoms with E-state index < -0.39 is 0 Å². The van der Waals surface area contributed by atoms with Crippen LogP contribution in [0.2, 0.25) is 0 Å². The molecule has 1 saturated heterocycles. The van der Waals surface area contributed by atoms with Gasteiger partial charge >= 0.3 is 0 Å². The standard InChI is InChI=1S/C5H10O.C4H10O3/c1-2-5-3-6-4-5;1-5-3-7-4-6-2/h5H,2-4H2,1H3;3-4H2,1-2H3. The van der Waals surface area contributed by atoms with E-state index in [1.54, 1.807) is 14.2 Å². The molecule has 80 valence electrons. The summed E-state index contributed by atoms with van der Waals surface area (Å²) in [7, 11) is 3.13. The zero-order chi connectivity index (χ0) is 9.94. The molecule has 4 heteroatoms. The summed E-state index contributed by atoms with van der Waals surface area (Å²) in [4.78, 5) is 0. The lowest BCUT2D eigenvalue weighted by Crippen LogP contribution is -2.26. The molecule has 1 rings (SSSR count). The summed E-state index contributed by atoms with van der Waals surface area (Å²) in [5.74, 6) is 0.894. The second kappa shape index (κ2) is 9.92. The fourth-order valence-electron chi connectivity index (χ4n) is 0.721. The highest BCUT2D eigenvalue weighted by molar-refractivity contribution is 4.61. The monoisotopic (exact) mass is 192 g/mol. The van der Waals surface area contributed by atoms with E-state index in [9.17, 15) is 0 Å². The van der Waals surface area contributed by atoms with Crippen LogP contribution in [0.25, 0.3) is 0 Å². The van der Waals surface area contributed by atoms with Gasteiger partial charge in [-0.15, -0.1) is 0 Å². The summed E-state index contributed by atoms with van der Waals surface area (Å²) in [5.41, 5.74) is 0. The van der Waals surface area contributed by atoms with Gasteiger partial charge in [0.05, 0.1) is 13.2 Å². The van der Waals surface area contributed by atoms with E-state index >= 15 is 0 Å². The van der Waals surface area contributed by atoms with Crippen molar-refractivity contribution < 1.29 is 18.9 Å². The van der Waals surface area contributed by atoms with Gasteiger partial charge in [-0.3, -0.25) is 0 Å². The number of ether oxygens (including phenoxy) is 4. The Morgan fingerprint density at radius 1 is 1.15 bits per heavy atom. The highest BCUT2D eigenvalue weighted by Crippen LogP contribution is 2.12. The highest BCUT2D eigenvalue weighted by atomic mass is 16.7. The van der Waals surface area contributed by atoms with Crippen LogP contribution >= 0.6 is 0 Å². The topological polar surface area (TPSA) is 36.9 Å². The Balaban J connectivity index is 0.000000223. The molecule has 0 unspecified atom stereocenters. The zero-order valence-corrected chi connectivity index (χ0v) is 8.75. The van der Waals surface area contributed by atoms with Crippen LogP contribution in [0, 0.1) is 5.92 Å². The van der Waals surface area contributed by atoms with Crippen LogP contribution in [0.15, 0.2) is 0 Å². The quantitative estimate of drug-likeness (QED) is 0.485. The molecule has 0 saturated carbocycles. The second-order valence-corrected chi connectivity index (χ2v) is 2.83. The molecule has 1 heterocycles. The lowest BCUT2D eigenvalue weighted by molar-refractivity contribution is -0.107. The molecule has 0 aliphatic carbocycles. The van der Waals surface area contributed by atoms with Crippen molar-refractivity contribution in [2.75, 3.05) is 41.0 Å². The molecule has 0 spiro atoms. The smallest absolute Gasteiger partial charge is 0.149 e. The largest absolute Gasteiger partial charge is 0.381 e. The first-order valence-corrected chi connectivity index (χ1v) is 4.48. The minimum atomic E-state index is 0.299. The van der Waals surface area contributed by atoms with Crippen molar-refractivity contribution in [1.82, 2.24) is 0 Å². The van der Waals surface area contributed by atoms with Gasteiger partial charge in [0.25, 0.3) is 0 Å². The predicted molar refractivity (Wildman–Crippen MR) is 49.4 cm³/mol. The Morgan fingerprint density at radius 2 is 1.69 bits per heavy atom. The molecule has 0 aromatic carbocycles. The summed E-state index contributed by atoms with van der Waals surface area (Å²) < 4.78 is 18.7. The van der Waals surface area contributed by atoms with E-state index in [1.807, 2.05) is 0 Å². The summed E-state index contributed by atoms with van der Waals surface area (Å²) in [6, 6.07) is 0. The van der Waals surface area contributed by atoms with Crippen LogP contribution in [0.1, 0.15) is 13.3 Å². The van der Waals surface area contributed by atoms with E-state index in [1.165, 1.54) is 6.42 Å². The third-order valence-electron chi connectivity index (χ3n) is 1.69. The molecule has 1 aliphatic rings. The van der Waals surface area contributed by atoms with E-state index in [0.29, 0.717) is 13.6 Å². The minimum absolute atomic E-state index is 0.299. The summed E-state index contributed by atoms with van der Waals surface area (Å²) in [6.07, 6.45) is 1.29. The van der Waals surface area contributed by atoms with Crippen LogP contribution in [0.4, 0.5) is 0 Å². The highest BCUT2D eigenvalue weighted by Gasteiger charge is 2.14. The van der Waals surface area contributed by atoms with Crippen molar-refractivity contribution in [3.05, 3.63) is 0 Å². The average molecular weight is 192 g/mol. The summed E-state index contributed by atoms with van der Waals surface area (Å²) in [6.45, 7) is 4.82. The maximum atomic E-state index is 4.93. The first kappa shape index (κ1) is 12.8. The van der Waals surface area contributed by atoms with Gasteiger partial charge in [0.2, 0.25) is 0 Å². The van der Waals surface area contributed by atoms with Crippen molar-refractivity contribution in [1.29, 1.82) is 0 Å². The maximum Gasteiger partial charge on any atom is 0.149 e. The fourth-order valence-corrected chi connectivity index (χ4v) is 0.721. The second-order valence-electron chi connectivity index (χ2n) is 2.83. The Kier molecular flexibility index (Phi) is 9.80. The van der Waals surface area contributed by atoms with E-state index in [2.05, 4.69) is 21.1 Å². The van der Waals surface area contributed by atoms with Gasteiger partial charge in [-0.05, 0) is 6.42 Å². The van der Waals surface area contributed by atoms with Crippen molar-refractivity contribution in [2.45, 2.75) is 13.3 Å². The molecule has 1 aliphatic heterocycles. The van der Waals surface area contributed by atoms with Gasteiger partial charge in [0, 0.05) is 20.1 Å². The van der Waals surface area contributed by atoms with Gasteiger partial charge in [0.1, 0.15) is 13.6 Å². The van der Waals surface area contributed by atoms with Gasteiger partial charge in [-0.2, -0.15) is 0 Å². The Morgan fingerprint density at radius 3 is 1.85 bits per heavy atom. The molecule has 13 heavy (non-hydrogen) atoms. The molecule has 0 aromatic heterocycles.